The summed E-state index contributed by atoms with van der Waals surface area (Å²) in [6.45, 7) is 2.57. The maximum atomic E-state index is 11.3. The highest BCUT2D eigenvalue weighted by atomic mass is 35.5. The van der Waals surface area contributed by atoms with Crippen molar-refractivity contribution in [3.8, 4) is 0 Å². The number of rotatable bonds is 2. The van der Waals surface area contributed by atoms with Crippen LogP contribution in [0.15, 0.2) is 12.1 Å². The van der Waals surface area contributed by atoms with Crippen LogP contribution in [0, 0.1) is 6.92 Å². The predicted octanol–water partition coefficient (Wildman–Crippen LogP) is 1.93. The van der Waals surface area contributed by atoms with Crippen molar-refractivity contribution < 1.29 is 4.79 Å². The second-order valence-electron chi connectivity index (χ2n) is 4.82. The third-order valence-electron chi connectivity index (χ3n) is 3.47. The topological polar surface area (TPSA) is 59.8 Å². The monoisotopic (exact) mass is 278 g/mol. The number of pyridine rings is 1. The Labute approximate surface area is 116 Å². The molecular formula is C13H15ClN4O. The van der Waals surface area contributed by atoms with E-state index in [2.05, 4.69) is 19.9 Å². The number of hydrogen-bond acceptors (Lipinski definition) is 3. The van der Waals surface area contributed by atoms with Crippen LogP contribution in [0.5, 0.6) is 0 Å². The first-order valence-corrected chi connectivity index (χ1v) is 6.89. The molecule has 1 unspecified atom stereocenters. The van der Waals surface area contributed by atoms with Crippen LogP contribution in [0.1, 0.15) is 30.4 Å². The fraction of sp³-hybridized carbons (Fsp3) is 0.462. The first-order valence-electron chi connectivity index (χ1n) is 6.36. The highest BCUT2D eigenvalue weighted by Crippen LogP contribution is 2.25. The van der Waals surface area contributed by atoms with Crippen LogP contribution in [0.25, 0.3) is 11.2 Å². The van der Waals surface area contributed by atoms with E-state index < -0.39 is 0 Å². The number of hydrogen-bond donors (Lipinski definition) is 1. The van der Waals surface area contributed by atoms with E-state index in [0.717, 1.165) is 29.1 Å². The van der Waals surface area contributed by atoms with E-state index in [-0.39, 0.29) is 11.9 Å². The molecule has 2 aromatic rings. The lowest BCUT2D eigenvalue weighted by atomic mass is 10.1. The van der Waals surface area contributed by atoms with Crippen molar-refractivity contribution in [1.82, 2.24) is 19.9 Å². The molecule has 0 radical (unpaired) electrons. The summed E-state index contributed by atoms with van der Waals surface area (Å²) in [5, 5.41) is 2.89. The van der Waals surface area contributed by atoms with E-state index >= 15 is 0 Å². The molecule has 5 nitrogen and oxygen atoms in total. The van der Waals surface area contributed by atoms with Gasteiger partial charge in [0.15, 0.2) is 5.65 Å². The quantitative estimate of drug-likeness (QED) is 0.854. The summed E-state index contributed by atoms with van der Waals surface area (Å²) < 4.78 is 2.08. The Hall–Kier alpha value is -1.62. The number of piperidine rings is 1. The summed E-state index contributed by atoms with van der Waals surface area (Å²) in [6, 6.07) is 4.09. The van der Waals surface area contributed by atoms with Crippen LogP contribution in [0.4, 0.5) is 0 Å². The van der Waals surface area contributed by atoms with Crippen molar-refractivity contribution in [3.05, 3.63) is 23.7 Å². The molecule has 1 aliphatic rings. The van der Waals surface area contributed by atoms with Gasteiger partial charge in [0.1, 0.15) is 11.3 Å². The zero-order chi connectivity index (χ0) is 13.4. The number of halogens is 1. The summed E-state index contributed by atoms with van der Waals surface area (Å²) in [5.41, 5.74) is 2.67. The number of imidazole rings is 1. The Balaban J connectivity index is 2.09. The van der Waals surface area contributed by atoms with E-state index in [1.165, 1.54) is 0 Å². The van der Waals surface area contributed by atoms with Crippen LogP contribution >= 0.6 is 11.6 Å². The minimum absolute atomic E-state index is 0.109. The smallest absolute Gasteiger partial charge is 0.220 e. The molecule has 0 aliphatic carbocycles. The number of amides is 1. The zero-order valence-electron chi connectivity index (χ0n) is 10.7. The van der Waals surface area contributed by atoms with Crippen molar-refractivity contribution in [2.75, 3.05) is 6.54 Å². The van der Waals surface area contributed by atoms with Gasteiger partial charge in [-0.1, -0.05) is 0 Å². The number of nitrogens with zero attached hydrogens (tertiary/aromatic N) is 3. The average molecular weight is 279 g/mol. The van der Waals surface area contributed by atoms with Crippen LogP contribution in [0.2, 0.25) is 0 Å². The van der Waals surface area contributed by atoms with E-state index in [4.69, 9.17) is 11.6 Å². The minimum atomic E-state index is 0.109. The molecule has 0 spiro atoms. The average Bonchev–Trinajstić information content (AvgIpc) is 2.77. The molecule has 0 aromatic carbocycles. The summed E-state index contributed by atoms with van der Waals surface area (Å²) >= 11 is 5.99. The molecule has 1 fully saturated rings. The molecule has 0 saturated carbocycles. The van der Waals surface area contributed by atoms with Crippen LogP contribution in [-0.2, 0) is 10.7 Å². The third-order valence-corrected chi connectivity index (χ3v) is 3.71. The molecule has 3 rings (SSSR count). The molecule has 1 N–H and O–H groups in total. The molecule has 19 heavy (non-hydrogen) atoms. The van der Waals surface area contributed by atoms with Crippen molar-refractivity contribution in [3.63, 3.8) is 0 Å². The maximum Gasteiger partial charge on any atom is 0.220 e. The van der Waals surface area contributed by atoms with Gasteiger partial charge in [0.2, 0.25) is 5.91 Å². The highest BCUT2D eigenvalue weighted by molar-refractivity contribution is 6.16. The SMILES string of the molecule is Cc1ccc2nc(CCl)n(C3CCC(=O)NC3)c2n1. The molecule has 1 saturated heterocycles. The van der Waals surface area contributed by atoms with Crippen molar-refractivity contribution >= 4 is 28.7 Å². The van der Waals surface area contributed by atoms with Gasteiger partial charge in [-0.3, -0.25) is 4.79 Å². The fourth-order valence-electron chi connectivity index (χ4n) is 2.53. The molecular weight excluding hydrogens is 264 g/mol. The highest BCUT2D eigenvalue weighted by Gasteiger charge is 2.24. The van der Waals surface area contributed by atoms with Gasteiger partial charge in [-0.15, -0.1) is 11.6 Å². The molecule has 1 aliphatic heterocycles. The lowest BCUT2D eigenvalue weighted by Crippen LogP contribution is -2.36. The Kier molecular flexibility index (Phi) is 3.14. The summed E-state index contributed by atoms with van der Waals surface area (Å²) in [5.74, 6) is 1.27. The van der Waals surface area contributed by atoms with Gasteiger partial charge in [-0.2, -0.15) is 0 Å². The molecule has 2 aromatic heterocycles. The molecule has 6 heteroatoms. The van der Waals surface area contributed by atoms with E-state index in [0.29, 0.717) is 18.8 Å². The lowest BCUT2D eigenvalue weighted by molar-refractivity contribution is -0.122. The Morgan fingerprint density at radius 3 is 3.00 bits per heavy atom. The lowest BCUT2D eigenvalue weighted by Gasteiger charge is -2.25. The van der Waals surface area contributed by atoms with Crippen molar-refractivity contribution in [2.24, 2.45) is 0 Å². The molecule has 100 valence electrons. The number of alkyl halides is 1. The summed E-state index contributed by atoms with van der Waals surface area (Å²) in [6.07, 6.45) is 1.34. The number of aryl methyl sites for hydroxylation is 1. The molecule has 0 bridgehead atoms. The van der Waals surface area contributed by atoms with Gasteiger partial charge in [-0.25, -0.2) is 9.97 Å². The number of carbonyl (C=O) groups excluding carboxylic acids is 1. The Bertz CT molecular complexity index is 627. The van der Waals surface area contributed by atoms with Gasteiger partial charge < -0.3 is 9.88 Å². The largest absolute Gasteiger partial charge is 0.354 e. The Morgan fingerprint density at radius 1 is 1.47 bits per heavy atom. The van der Waals surface area contributed by atoms with E-state index in [1.807, 2.05) is 19.1 Å². The normalized spacial score (nSPS) is 19.7. The first-order chi connectivity index (χ1) is 9.19. The van der Waals surface area contributed by atoms with Gasteiger partial charge in [0.25, 0.3) is 0 Å². The van der Waals surface area contributed by atoms with E-state index in [1.54, 1.807) is 0 Å². The second kappa shape index (κ2) is 4.81. The van der Waals surface area contributed by atoms with Crippen LogP contribution in [-0.4, -0.2) is 27.0 Å². The predicted molar refractivity (Wildman–Crippen MR) is 73.1 cm³/mol. The first kappa shape index (κ1) is 12.4. The number of fused-ring (bicyclic) bond motifs is 1. The summed E-state index contributed by atoms with van der Waals surface area (Å²) in [4.78, 5) is 20.4. The molecule has 3 heterocycles. The van der Waals surface area contributed by atoms with Crippen molar-refractivity contribution in [1.29, 1.82) is 0 Å². The maximum absolute atomic E-state index is 11.3. The fourth-order valence-corrected chi connectivity index (χ4v) is 2.72. The van der Waals surface area contributed by atoms with Crippen LogP contribution in [0.3, 0.4) is 0 Å². The standard InChI is InChI=1S/C13H15ClN4O/c1-8-2-4-10-13(16-8)18(11(6-14)17-10)9-3-5-12(19)15-7-9/h2,4,9H,3,5-7H2,1H3,(H,15,19). The second-order valence-corrected chi connectivity index (χ2v) is 5.09. The zero-order valence-corrected chi connectivity index (χ0v) is 11.4. The number of carbonyl (C=O) groups is 1. The third kappa shape index (κ3) is 2.18. The number of nitrogens with one attached hydrogen (secondary N) is 1. The van der Waals surface area contributed by atoms with E-state index in [9.17, 15) is 4.79 Å². The number of aromatic nitrogens is 3. The molecule has 1 atom stereocenters. The minimum Gasteiger partial charge on any atom is -0.354 e. The Morgan fingerprint density at radius 2 is 2.32 bits per heavy atom. The van der Waals surface area contributed by atoms with Crippen molar-refractivity contribution in [2.45, 2.75) is 31.7 Å². The van der Waals surface area contributed by atoms with Crippen LogP contribution < -0.4 is 5.32 Å². The van der Waals surface area contributed by atoms with Gasteiger partial charge in [0.05, 0.1) is 11.9 Å². The van der Waals surface area contributed by atoms with Gasteiger partial charge in [-0.05, 0) is 25.5 Å². The summed E-state index contributed by atoms with van der Waals surface area (Å²) in [7, 11) is 0. The molecule has 1 amide bonds. The van der Waals surface area contributed by atoms with Gasteiger partial charge >= 0.3 is 0 Å². The van der Waals surface area contributed by atoms with Gasteiger partial charge in [0, 0.05) is 18.7 Å².